The number of alkyl halides is 2. The van der Waals surface area contributed by atoms with Crippen LogP contribution in [0.5, 0.6) is 0 Å². The summed E-state index contributed by atoms with van der Waals surface area (Å²) >= 11 is 12.2. The van der Waals surface area contributed by atoms with E-state index < -0.39 is 9.75 Å². The van der Waals surface area contributed by atoms with Gasteiger partial charge < -0.3 is 0 Å². The van der Waals surface area contributed by atoms with Gasteiger partial charge in [-0.1, -0.05) is 74.3 Å². The van der Waals surface area contributed by atoms with Crippen LogP contribution in [0.2, 0.25) is 0 Å². The van der Waals surface area contributed by atoms with Crippen molar-refractivity contribution in [1.82, 2.24) is 0 Å². The van der Waals surface area contributed by atoms with Crippen LogP contribution in [0.15, 0.2) is 30.3 Å². The zero-order valence-electron chi connectivity index (χ0n) is 9.76. The van der Waals surface area contributed by atoms with E-state index in [0.29, 0.717) is 5.56 Å². The van der Waals surface area contributed by atoms with Crippen LogP contribution >= 0.6 is 33.1 Å². The number of rotatable bonds is 2. The standard InChI is InChI=1S/C12H14Cl2O.H3P/c1-11(2,3)12(13,14)10(15)9-7-5-4-6-8-9;/h4-8H,1-3H3;1H3. The molecule has 1 rings (SSSR count). The zero-order valence-corrected chi connectivity index (χ0v) is 12.7. The Kier molecular flexibility index (Phi) is 5.46. The molecule has 1 aromatic carbocycles. The highest BCUT2D eigenvalue weighted by atomic mass is 35.5. The molecule has 1 nitrogen and oxygen atoms in total. The SMILES string of the molecule is CC(C)(C)C(Cl)(Cl)C(=O)c1ccccc1.P. The molecule has 1 atom stereocenters. The molecule has 0 saturated heterocycles. The van der Waals surface area contributed by atoms with Crippen LogP contribution in [0.25, 0.3) is 0 Å². The van der Waals surface area contributed by atoms with Gasteiger partial charge in [-0.05, 0) is 0 Å². The molecule has 0 fully saturated rings. The second-order valence-electron chi connectivity index (χ2n) is 4.52. The number of hydrogen-bond donors (Lipinski definition) is 0. The number of carbonyl (C=O) groups excluding carboxylic acids is 1. The van der Waals surface area contributed by atoms with E-state index in [1.807, 2.05) is 26.8 Å². The lowest BCUT2D eigenvalue weighted by molar-refractivity contribution is 0.0921. The second kappa shape index (κ2) is 5.49. The Labute approximate surface area is 110 Å². The summed E-state index contributed by atoms with van der Waals surface area (Å²) in [4.78, 5) is 12.0. The largest absolute Gasteiger partial charge is 0.291 e. The summed E-state index contributed by atoms with van der Waals surface area (Å²) in [6.07, 6.45) is 0. The van der Waals surface area contributed by atoms with Gasteiger partial charge in [0.15, 0.2) is 10.1 Å². The van der Waals surface area contributed by atoms with Crippen molar-refractivity contribution < 1.29 is 4.79 Å². The minimum atomic E-state index is -1.39. The van der Waals surface area contributed by atoms with Crippen molar-refractivity contribution in [2.24, 2.45) is 5.41 Å². The maximum Gasteiger partial charge on any atom is 0.199 e. The normalized spacial score (nSPS) is 11.8. The van der Waals surface area contributed by atoms with Crippen molar-refractivity contribution in [3.8, 4) is 0 Å². The number of carbonyl (C=O) groups is 1. The second-order valence-corrected chi connectivity index (χ2v) is 5.85. The Bertz CT molecular complexity index is 355. The van der Waals surface area contributed by atoms with Gasteiger partial charge in [0, 0.05) is 11.0 Å². The Balaban J connectivity index is 0.00000225. The van der Waals surface area contributed by atoms with Gasteiger partial charge in [0.2, 0.25) is 0 Å². The summed E-state index contributed by atoms with van der Waals surface area (Å²) in [6.45, 7) is 5.52. The molecule has 0 spiro atoms. The minimum absolute atomic E-state index is 0. The Hall–Kier alpha value is -0.100. The van der Waals surface area contributed by atoms with E-state index in [2.05, 4.69) is 0 Å². The molecule has 0 N–H and O–H groups in total. The first-order chi connectivity index (χ1) is 6.77. The Morgan fingerprint density at radius 2 is 1.50 bits per heavy atom. The van der Waals surface area contributed by atoms with Gasteiger partial charge >= 0.3 is 0 Å². The molecule has 1 unspecified atom stereocenters. The van der Waals surface area contributed by atoms with Crippen LogP contribution in [-0.4, -0.2) is 10.1 Å². The number of ketones is 1. The molecule has 0 radical (unpaired) electrons. The summed E-state index contributed by atoms with van der Waals surface area (Å²) in [7, 11) is 0. The van der Waals surface area contributed by atoms with E-state index in [1.165, 1.54) is 0 Å². The van der Waals surface area contributed by atoms with Gasteiger partial charge in [-0.3, -0.25) is 4.79 Å². The van der Waals surface area contributed by atoms with Crippen LogP contribution in [0.4, 0.5) is 0 Å². The molecular formula is C12H17Cl2OP. The lowest BCUT2D eigenvalue weighted by Gasteiger charge is -2.32. The van der Waals surface area contributed by atoms with Crippen LogP contribution in [0, 0.1) is 5.41 Å². The lowest BCUT2D eigenvalue weighted by atomic mass is 9.86. The molecular weight excluding hydrogens is 262 g/mol. The molecule has 16 heavy (non-hydrogen) atoms. The molecule has 90 valence electrons. The van der Waals surface area contributed by atoms with Crippen LogP contribution in [0.1, 0.15) is 31.1 Å². The monoisotopic (exact) mass is 278 g/mol. The van der Waals surface area contributed by atoms with E-state index >= 15 is 0 Å². The van der Waals surface area contributed by atoms with Gasteiger partial charge in [-0.25, -0.2) is 0 Å². The molecule has 0 aliphatic carbocycles. The summed E-state index contributed by atoms with van der Waals surface area (Å²) in [5.41, 5.74) is 0.0423. The molecule has 0 aliphatic heterocycles. The van der Waals surface area contributed by atoms with Crippen LogP contribution in [-0.2, 0) is 0 Å². The van der Waals surface area contributed by atoms with Gasteiger partial charge in [0.25, 0.3) is 0 Å². The predicted octanol–water partition coefficient (Wildman–Crippen LogP) is 4.15. The molecule has 1 aromatic rings. The van der Waals surface area contributed by atoms with Gasteiger partial charge in [0.05, 0.1) is 0 Å². The maximum absolute atomic E-state index is 12.0. The summed E-state index contributed by atoms with van der Waals surface area (Å²) in [6, 6.07) is 8.86. The third kappa shape index (κ3) is 3.20. The van der Waals surface area contributed by atoms with Crippen LogP contribution < -0.4 is 0 Å². The lowest BCUT2D eigenvalue weighted by Crippen LogP contribution is -2.39. The molecule has 0 aromatic heterocycles. The fraction of sp³-hybridized carbons (Fsp3) is 0.417. The van der Waals surface area contributed by atoms with Crippen LogP contribution in [0.3, 0.4) is 0 Å². The first-order valence-electron chi connectivity index (χ1n) is 4.74. The Morgan fingerprint density at radius 1 is 1.06 bits per heavy atom. The molecule has 0 amide bonds. The van der Waals surface area contributed by atoms with Gasteiger partial charge in [-0.15, -0.1) is 0 Å². The Morgan fingerprint density at radius 3 is 1.88 bits per heavy atom. The van der Waals surface area contributed by atoms with E-state index in [4.69, 9.17) is 23.2 Å². The topological polar surface area (TPSA) is 17.1 Å². The summed E-state index contributed by atoms with van der Waals surface area (Å²) in [5, 5.41) is 0. The average Bonchev–Trinajstić information content (AvgIpc) is 2.16. The molecule has 0 aliphatic rings. The van der Waals surface area contributed by atoms with Crippen molar-refractivity contribution in [3.63, 3.8) is 0 Å². The summed E-state index contributed by atoms with van der Waals surface area (Å²) < 4.78 is -1.39. The van der Waals surface area contributed by atoms with E-state index in [1.54, 1.807) is 24.3 Å². The van der Waals surface area contributed by atoms with Crippen molar-refractivity contribution in [2.75, 3.05) is 0 Å². The van der Waals surface area contributed by atoms with E-state index in [9.17, 15) is 4.79 Å². The highest BCUT2D eigenvalue weighted by Gasteiger charge is 2.45. The number of hydrogen-bond acceptors (Lipinski definition) is 1. The highest BCUT2D eigenvalue weighted by Crippen LogP contribution is 2.42. The third-order valence-corrected chi connectivity index (χ3v) is 3.74. The number of halogens is 2. The van der Waals surface area contributed by atoms with E-state index in [0.717, 1.165) is 0 Å². The zero-order chi connectivity index (χ0) is 11.7. The quantitative estimate of drug-likeness (QED) is 0.451. The van der Waals surface area contributed by atoms with E-state index in [-0.39, 0.29) is 15.7 Å². The fourth-order valence-corrected chi connectivity index (χ4v) is 1.33. The number of Topliss-reactive ketones (excluding diaryl/α,β-unsaturated/α-hetero) is 1. The maximum atomic E-state index is 12.0. The third-order valence-electron chi connectivity index (χ3n) is 2.26. The van der Waals surface area contributed by atoms with Crippen molar-refractivity contribution in [3.05, 3.63) is 35.9 Å². The predicted molar refractivity (Wildman–Crippen MR) is 75.8 cm³/mol. The molecule has 0 bridgehead atoms. The van der Waals surface area contributed by atoms with Crippen molar-refractivity contribution in [2.45, 2.75) is 25.1 Å². The smallest absolute Gasteiger partial charge is 0.199 e. The fourth-order valence-electron chi connectivity index (χ4n) is 1.11. The first kappa shape index (κ1) is 15.9. The van der Waals surface area contributed by atoms with Crippen molar-refractivity contribution in [1.29, 1.82) is 0 Å². The first-order valence-corrected chi connectivity index (χ1v) is 5.50. The average molecular weight is 279 g/mol. The van der Waals surface area contributed by atoms with Gasteiger partial charge in [-0.2, -0.15) is 9.90 Å². The molecule has 4 heteroatoms. The summed E-state index contributed by atoms with van der Waals surface area (Å²) in [5.74, 6) is -0.251. The molecule has 0 saturated carbocycles. The highest BCUT2D eigenvalue weighted by molar-refractivity contribution is 6.92. The molecule has 0 heterocycles. The minimum Gasteiger partial charge on any atom is -0.291 e. The van der Waals surface area contributed by atoms with Crippen molar-refractivity contribution >= 4 is 38.9 Å². The van der Waals surface area contributed by atoms with Gasteiger partial charge in [0.1, 0.15) is 0 Å². The number of benzene rings is 1.